The molecule has 2 rings (SSSR count). The number of hydrogen-bond acceptors (Lipinski definition) is 1. The van der Waals surface area contributed by atoms with Gasteiger partial charge in [-0.05, 0) is 54.6 Å². The van der Waals surface area contributed by atoms with Crippen LogP contribution in [0.15, 0.2) is 48.5 Å². The second-order valence-electron chi connectivity index (χ2n) is 5.36. The summed E-state index contributed by atoms with van der Waals surface area (Å²) in [6, 6.07) is 18.1. The molecule has 0 bridgehead atoms. The highest BCUT2D eigenvalue weighted by Crippen LogP contribution is 2.24. The van der Waals surface area contributed by atoms with Crippen LogP contribution in [0.1, 0.15) is 44.4 Å². The van der Waals surface area contributed by atoms with Crippen molar-refractivity contribution in [2.24, 2.45) is 0 Å². The van der Waals surface area contributed by atoms with Gasteiger partial charge in [-0.3, -0.25) is 0 Å². The first-order valence-electron chi connectivity index (χ1n) is 7.67. The van der Waals surface area contributed by atoms with Crippen LogP contribution in [0.2, 0.25) is 0 Å². The maximum Gasteiger partial charge on any atom is 0.0292 e. The molecule has 20 heavy (non-hydrogen) atoms. The van der Waals surface area contributed by atoms with E-state index in [0.29, 0.717) is 6.04 Å². The predicted octanol–water partition coefficient (Wildman–Crippen LogP) is 4.98. The molecule has 0 saturated heterocycles. The van der Waals surface area contributed by atoms with Crippen LogP contribution in [0.25, 0.3) is 11.1 Å². The largest absolute Gasteiger partial charge is 0.310 e. The maximum atomic E-state index is 3.55. The van der Waals surface area contributed by atoms with Crippen LogP contribution >= 0.6 is 0 Å². The van der Waals surface area contributed by atoms with Gasteiger partial charge in [0, 0.05) is 6.04 Å². The van der Waals surface area contributed by atoms with Crippen LogP contribution in [0, 0.1) is 0 Å². The molecule has 0 amide bonds. The van der Waals surface area contributed by atoms with Crippen molar-refractivity contribution in [2.75, 3.05) is 6.54 Å². The van der Waals surface area contributed by atoms with Crippen LogP contribution < -0.4 is 5.32 Å². The third-order valence-corrected chi connectivity index (χ3v) is 3.76. The van der Waals surface area contributed by atoms with Crippen molar-refractivity contribution < 1.29 is 0 Å². The smallest absolute Gasteiger partial charge is 0.0292 e. The van der Waals surface area contributed by atoms with Gasteiger partial charge in [-0.1, -0.05) is 56.3 Å². The van der Waals surface area contributed by atoms with Crippen molar-refractivity contribution >= 4 is 0 Å². The van der Waals surface area contributed by atoms with E-state index in [4.69, 9.17) is 0 Å². The Labute approximate surface area is 123 Å². The first kappa shape index (κ1) is 14.8. The Morgan fingerprint density at radius 1 is 0.950 bits per heavy atom. The van der Waals surface area contributed by atoms with Gasteiger partial charge in [-0.25, -0.2) is 0 Å². The second kappa shape index (κ2) is 7.25. The molecule has 0 spiro atoms. The molecule has 1 nitrogen and oxygen atoms in total. The van der Waals surface area contributed by atoms with Crippen molar-refractivity contribution in [3.8, 4) is 11.1 Å². The monoisotopic (exact) mass is 267 g/mol. The summed E-state index contributed by atoms with van der Waals surface area (Å²) in [4.78, 5) is 0. The Hall–Kier alpha value is -1.60. The lowest BCUT2D eigenvalue weighted by atomic mass is 9.98. The fraction of sp³-hybridized carbons (Fsp3) is 0.368. The van der Waals surface area contributed by atoms with Crippen molar-refractivity contribution in [2.45, 2.75) is 39.7 Å². The molecule has 0 aliphatic heterocycles. The van der Waals surface area contributed by atoms with E-state index in [-0.39, 0.29) is 0 Å². The SMILES string of the molecule is CCCNC(C)c1cccc(-c2cccc(CC)c2)c1. The summed E-state index contributed by atoms with van der Waals surface area (Å²) in [6.07, 6.45) is 2.25. The van der Waals surface area contributed by atoms with Gasteiger partial charge in [0.15, 0.2) is 0 Å². The number of rotatable bonds is 6. The van der Waals surface area contributed by atoms with E-state index in [0.717, 1.165) is 13.0 Å². The van der Waals surface area contributed by atoms with Gasteiger partial charge in [-0.2, -0.15) is 0 Å². The van der Waals surface area contributed by atoms with Crippen LogP contribution in [0.4, 0.5) is 0 Å². The van der Waals surface area contributed by atoms with Crippen LogP contribution in [0.5, 0.6) is 0 Å². The minimum absolute atomic E-state index is 0.407. The summed E-state index contributed by atoms with van der Waals surface area (Å²) in [6.45, 7) is 7.70. The molecule has 106 valence electrons. The summed E-state index contributed by atoms with van der Waals surface area (Å²) in [5, 5.41) is 3.55. The first-order chi connectivity index (χ1) is 9.74. The third-order valence-electron chi connectivity index (χ3n) is 3.76. The van der Waals surface area contributed by atoms with E-state index in [1.54, 1.807) is 0 Å². The standard InChI is InChI=1S/C19H25N/c1-4-12-20-15(3)17-9-7-11-19(14-17)18-10-6-8-16(5-2)13-18/h6-11,13-15,20H,4-5,12H2,1-3H3. The molecule has 1 heteroatoms. The highest BCUT2D eigenvalue weighted by molar-refractivity contribution is 5.65. The van der Waals surface area contributed by atoms with Gasteiger partial charge in [0.2, 0.25) is 0 Å². The van der Waals surface area contributed by atoms with Crippen molar-refractivity contribution in [1.29, 1.82) is 0 Å². The Morgan fingerprint density at radius 3 is 2.35 bits per heavy atom. The van der Waals surface area contributed by atoms with Gasteiger partial charge in [-0.15, -0.1) is 0 Å². The number of benzene rings is 2. The molecule has 2 aromatic rings. The van der Waals surface area contributed by atoms with Crippen LogP contribution in [-0.2, 0) is 6.42 Å². The van der Waals surface area contributed by atoms with Crippen LogP contribution in [-0.4, -0.2) is 6.54 Å². The molecule has 1 N–H and O–H groups in total. The number of aryl methyl sites for hydroxylation is 1. The molecule has 1 unspecified atom stereocenters. The second-order valence-corrected chi connectivity index (χ2v) is 5.36. The molecular weight excluding hydrogens is 242 g/mol. The summed E-state index contributed by atoms with van der Waals surface area (Å²) < 4.78 is 0. The van der Waals surface area contributed by atoms with Gasteiger partial charge in [0.1, 0.15) is 0 Å². The Bertz CT molecular complexity index is 545. The summed E-state index contributed by atoms with van der Waals surface area (Å²) >= 11 is 0. The fourth-order valence-electron chi connectivity index (χ4n) is 2.44. The lowest BCUT2D eigenvalue weighted by molar-refractivity contribution is 0.571. The van der Waals surface area contributed by atoms with E-state index < -0.39 is 0 Å². The Balaban J connectivity index is 2.24. The Kier molecular flexibility index (Phi) is 5.37. The first-order valence-corrected chi connectivity index (χ1v) is 7.67. The molecule has 2 aromatic carbocycles. The van der Waals surface area contributed by atoms with Gasteiger partial charge < -0.3 is 5.32 Å². The lowest BCUT2D eigenvalue weighted by Gasteiger charge is -2.15. The topological polar surface area (TPSA) is 12.0 Å². The van der Waals surface area contributed by atoms with Crippen molar-refractivity contribution in [3.63, 3.8) is 0 Å². The summed E-state index contributed by atoms with van der Waals surface area (Å²) in [5.74, 6) is 0. The summed E-state index contributed by atoms with van der Waals surface area (Å²) in [5.41, 5.74) is 5.37. The average molecular weight is 267 g/mol. The highest BCUT2D eigenvalue weighted by atomic mass is 14.9. The van der Waals surface area contributed by atoms with Crippen molar-refractivity contribution in [3.05, 3.63) is 59.7 Å². The minimum atomic E-state index is 0.407. The highest BCUT2D eigenvalue weighted by Gasteiger charge is 2.06. The number of hydrogen-bond donors (Lipinski definition) is 1. The average Bonchev–Trinajstić information content (AvgIpc) is 2.52. The van der Waals surface area contributed by atoms with Crippen molar-refractivity contribution in [1.82, 2.24) is 5.32 Å². The molecular formula is C19H25N. The molecule has 0 aromatic heterocycles. The molecule has 0 aliphatic carbocycles. The Morgan fingerprint density at radius 2 is 1.65 bits per heavy atom. The van der Waals surface area contributed by atoms with Gasteiger partial charge in [0.25, 0.3) is 0 Å². The van der Waals surface area contributed by atoms with E-state index >= 15 is 0 Å². The predicted molar refractivity (Wildman–Crippen MR) is 88.0 cm³/mol. The minimum Gasteiger partial charge on any atom is -0.310 e. The molecule has 0 aliphatic rings. The van der Waals surface area contributed by atoms with Crippen LogP contribution in [0.3, 0.4) is 0 Å². The zero-order valence-electron chi connectivity index (χ0n) is 12.8. The van der Waals surface area contributed by atoms with E-state index in [9.17, 15) is 0 Å². The molecule has 0 radical (unpaired) electrons. The molecule has 1 atom stereocenters. The summed E-state index contributed by atoms with van der Waals surface area (Å²) in [7, 11) is 0. The van der Waals surface area contributed by atoms with Gasteiger partial charge >= 0.3 is 0 Å². The lowest BCUT2D eigenvalue weighted by Crippen LogP contribution is -2.19. The van der Waals surface area contributed by atoms with Gasteiger partial charge in [0.05, 0.1) is 0 Å². The molecule has 0 heterocycles. The van der Waals surface area contributed by atoms with E-state index in [2.05, 4.69) is 74.6 Å². The zero-order valence-corrected chi connectivity index (χ0v) is 12.8. The normalized spacial score (nSPS) is 12.3. The van der Waals surface area contributed by atoms with E-state index in [1.165, 1.54) is 28.7 Å². The molecule has 0 fully saturated rings. The zero-order chi connectivity index (χ0) is 14.4. The van der Waals surface area contributed by atoms with E-state index in [1.807, 2.05) is 0 Å². The number of nitrogens with one attached hydrogen (secondary N) is 1. The third kappa shape index (κ3) is 3.71. The quantitative estimate of drug-likeness (QED) is 0.778. The molecule has 0 saturated carbocycles. The maximum absolute atomic E-state index is 3.55. The fourth-order valence-corrected chi connectivity index (χ4v) is 2.44.